The Balaban J connectivity index is 1.86. The normalized spacial score (nSPS) is 12.8. The first kappa shape index (κ1) is 39.2. The van der Waals surface area contributed by atoms with E-state index in [0.717, 1.165) is 34.2 Å². The molecule has 0 spiro atoms. The molecule has 0 aliphatic carbocycles. The van der Waals surface area contributed by atoms with Crippen molar-refractivity contribution in [3.05, 3.63) is 99.4 Å². The fourth-order valence-corrected chi connectivity index (χ4v) is 6.82. The zero-order valence-corrected chi connectivity index (χ0v) is 34.8. The molecule has 0 aromatic carbocycles. The van der Waals surface area contributed by atoms with Crippen LogP contribution in [0.15, 0.2) is 42.5 Å². The van der Waals surface area contributed by atoms with Crippen LogP contribution in [0.3, 0.4) is 0 Å². The molecule has 5 rings (SSSR count). The van der Waals surface area contributed by atoms with Crippen LogP contribution in [0.4, 0.5) is 0 Å². The van der Waals surface area contributed by atoms with E-state index in [1.165, 1.54) is 22.8 Å². The summed E-state index contributed by atoms with van der Waals surface area (Å²) in [5.41, 5.74) is 10.7. The maximum absolute atomic E-state index is 5.65. The number of nitrogens with zero attached hydrogens (tertiary/aromatic N) is 9. The van der Waals surface area contributed by atoms with Crippen LogP contribution in [0.1, 0.15) is 227 Å². The molecule has 0 fully saturated rings. The fourth-order valence-electron chi connectivity index (χ4n) is 6.82. The van der Waals surface area contributed by atoms with Crippen LogP contribution in [0.2, 0.25) is 0 Å². The molecule has 0 saturated heterocycles. The molecule has 52 heavy (non-hydrogen) atoms. The maximum Gasteiger partial charge on any atom is 0.186 e. The fraction of sp³-hybridized carbons (Fsp3) is 0.605. The molecule has 0 aliphatic heterocycles. The van der Waals surface area contributed by atoms with E-state index in [1.807, 2.05) is 0 Å². The van der Waals surface area contributed by atoms with E-state index in [4.69, 9.17) is 25.4 Å². The average molecular weight is 708 g/mol. The van der Waals surface area contributed by atoms with Crippen molar-refractivity contribution in [3.63, 3.8) is 0 Å². The summed E-state index contributed by atoms with van der Waals surface area (Å²) in [6, 6.07) is 15.5. The minimum atomic E-state index is -0.391. The van der Waals surface area contributed by atoms with Gasteiger partial charge in [-0.05, 0) is 83.7 Å². The van der Waals surface area contributed by atoms with E-state index < -0.39 is 12.3 Å². The van der Waals surface area contributed by atoms with Crippen molar-refractivity contribution in [2.75, 3.05) is 0 Å². The quantitative estimate of drug-likeness (QED) is 0.115. The highest BCUT2D eigenvalue weighted by Gasteiger charge is 2.32. The third kappa shape index (κ3) is 7.69. The van der Waals surface area contributed by atoms with E-state index in [9.17, 15) is 0 Å². The summed E-state index contributed by atoms with van der Waals surface area (Å²) in [4.78, 5) is 5.65. The van der Waals surface area contributed by atoms with Gasteiger partial charge in [-0.15, -0.1) is 0 Å². The van der Waals surface area contributed by atoms with Gasteiger partial charge in [0.2, 0.25) is 0 Å². The first-order chi connectivity index (χ1) is 24.4. The van der Waals surface area contributed by atoms with Crippen molar-refractivity contribution in [2.45, 2.75) is 170 Å². The Bertz CT molecular complexity index is 1690. The first-order valence-electron chi connectivity index (χ1n) is 19.7. The molecule has 0 atom stereocenters. The van der Waals surface area contributed by atoms with Gasteiger partial charge in [-0.1, -0.05) is 117 Å². The molecule has 0 unspecified atom stereocenters. The minimum absolute atomic E-state index is 0.250. The summed E-state index contributed by atoms with van der Waals surface area (Å²) >= 11 is 0. The number of rotatable bonds is 14. The summed E-state index contributed by atoms with van der Waals surface area (Å²) in [6.45, 7) is 35.7. The van der Waals surface area contributed by atoms with Gasteiger partial charge in [-0.25, -0.2) is 23.7 Å². The lowest BCUT2D eigenvalue weighted by molar-refractivity contribution is 0.357. The number of hydrogen-bond donors (Lipinski definition) is 0. The van der Waals surface area contributed by atoms with Gasteiger partial charge in [-0.3, -0.25) is 0 Å². The number of hydrogen-bond acceptors (Lipinski definition) is 5. The highest BCUT2D eigenvalue weighted by Crippen LogP contribution is 2.35. The molecule has 0 radical (unpaired) electrons. The predicted molar refractivity (Wildman–Crippen MR) is 213 cm³/mol. The zero-order valence-electron chi connectivity index (χ0n) is 34.8. The van der Waals surface area contributed by atoms with Crippen LogP contribution in [0.5, 0.6) is 0 Å². The lowest BCUT2D eigenvalue weighted by Gasteiger charge is -2.27. The van der Waals surface area contributed by atoms with Crippen molar-refractivity contribution in [1.29, 1.82) is 0 Å². The molecule has 5 aromatic heterocycles. The van der Waals surface area contributed by atoms with Crippen LogP contribution in [0.25, 0.3) is 0 Å². The SMILES string of the molecule is CC(C)c1cc(C(C)C)n(C(c2cccc(C(n3nc(C(C)C)cc3C(C)C)n3nc(C(C)C)cc3C(C)C)n2)n2nc(C(C)C)cc2C(C)C)n1. The van der Waals surface area contributed by atoms with Crippen molar-refractivity contribution in [3.8, 4) is 0 Å². The standard InChI is InChI=1S/C43H65N9/c1-24(2)34-20-38(28(9)10)49(45-34)42(50-39(29(11)12)21-35(46-50)25(3)4)32-18-17-19-33(44-32)43(51-40(30(13)14)22-36(47-51)26(5)6)52-41(31(15)16)23-37(48-52)27(7)8/h17-31,42-43H,1-16H3. The Kier molecular flexibility index (Phi) is 11.7. The maximum atomic E-state index is 5.65. The largest absolute Gasteiger partial charge is 0.249 e. The molecule has 0 saturated carbocycles. The van der Waals surface area contributed by atoms with Crippen molar-refractivity contribution in [2.24, 2.45) is 0 Å². The number of aromatic nitrogens is 9. The van der Waals surface area contributed by atoms with E-state index in [1.54, 1.807) is 0 Å². The lowest BCUT2D eigenvalue weighted by Crippen LogP contribution is -2.30. The van der Waals surface area contributed by atoms with Gasteiger partial charge in [0, 0.05) is 22.8 Å². The predicted octanol–water partition coefficient (Wildman–Crippen LogP) is 11.0. The third-order valence-electron chi connectivity index (χ3n) is 10.1. The second-order valence-corrected chi connectivity index (χ2v) is 17.2. The Labute approximate surface area is 313 Å². The highest BCUT2D eigenvalue weighted by atomic mass is 15.5. The smallest absolute Gasteiger partial charge is 0.186 e. The summed E-state index contributed by atoms with van der Waals surface area (Å²) in [5.74, 6) is 2.13. The molecule has 0 amide bonds. The molecule has 9 heteroatoms. The van der Waals surface area contributed by atoms with Crippen molar-refractivity contribution in [1.82, 2.24) is 44.1 Å². The monoisotopic (exact) mass is 708 g/mol. The Morgan fingerprint density at radius 2 is 0.558 bits per heavy atom. The van der Waals surface area contributed by atoms with Gasteiger partial charge in [0.1, 0.15) is 0 Å². The molecule has 0 aliphatic rings. The zero-order chi connectivity index (χ0) is 38.3. The molecule has 9 nitrogen and oxygen atoms in total. The Hall–Kier alpha value is -4.01. The van der Waals surface area contributed by atoms with Crippen LogP contribution in [0, 0.1) is 0 Å². The minimum Gasteiger partial charge on any atom is -0.249 e. The van der Waals surface area contributed by atoms with Gasteiger partial charge >= 0.3 is 0 Å². The first-order valence-corrected chi connectivity index (χ1v) is 19.7. The second-order valence-electron chi connectivity index (χ2n) is 17.2. The lowest BCUT2D eigenvalue weighted by atomic mass is 10.1. The van der Waals surface area contributed by atoms with Crippen LogP contribution in [-0.4, -0.2) is 44.1 Å². The molecule has 5 heterocycles. The molecule has 0 bridgehead atoms. The highest BCUT2D eigenvalue weighted by molar-refractivity contribution is 5.29. The molecular weight excluding hydrogens is 643 g/mol. The average Bonchev–Trinajstić information content (AvgIpc) is 3.86. The van der Waals surface area contributed by atoms with E-state index in [-0.39, 0.29) is 47.3 Å². The van der Waals surface area contributed by atoms with Gasteiger partial charge in [0.15, 0.2) is 12.3 Å². The van der Waals surface area contributed by atoms with E-state index in [0.29, 0.717) is 0 Å². The van der Waals surface area contributed by atoms with Gasteiger partial charge in [0.25, 0.3) is 0 Å². The van der Waals surface area contributed by atoms with Gasteiger partial charge in [0.05, 0.1) is 34.2 Å². The second kappa shape index (κ2) is 15.5. The third-order valence-corrected chi connectivity index (χ3v) is 10.1. The Morgan fingerprint density at radius 1 is 0.327 bits per heavy atom. The van der Waals surface area contributed by atoms with Crippen LogP contribution >= 0.6 is 0 Å². The summed E-state index contributed by atoms with van der Waals surface area (Å²) in [5, 5.41) is 21.3. The van der Waals surface area contributed by atoms with E-state index in [2.05, 4.69) is 172 Å². The summed E-state index contributed by atoms with van der Waals surface area (Å²) in [6.07, 6.45) is -0.783. The van der Waals surface area contributed by atoms with Crippen molar-refractivity contribution >= 4 is 0 Å². The van der Waals surface area contributed by atoms with E-state index >= 15 is 0 Å². The van der Waals surface area contributed by atoms with Crippen LogP contribution in [-0.2, 0) is 0 Å². The van der Waals surface area contributed by atoms with Gasteiger partial charge < -0.3 is 0 Å². The summed E-state index contributed by atoms with van der Waals surface area (Å²) < 4.78 is 8.77. The van der Waals surface area contributed by atoms with Crippen molar-refractivity contribution < 1.29 is 0 Å². The molecular formula is C43H65N9. The molecule has 282 valence electrons. The molecule has 0 N–H and O–H groups in total. The number of pyridine rings is 1. The Morgan fingerprint density at radius 3 is 0.750 bits per heavy atom. The van der Waals surface area contributed by atoms with Crippen LogP contribution < -0.4 is 0 Å². The topological polar surface area (TPSA) is 84.2 Å². The molecule has 5 aromatic rings. The summed E-state index contributed by atoms with van der Waals surface area (Å²) in [7, 11) is 0. The van der Waals surface area contributed by atoms with Gasteiger partial charge in [-0.2, -0.15) is 20.4 Å².